The molecule has 0 amide bonds. The number of ether oxygens (including phenoxy) is 1. The van der Waals surface area contributed by atoms with Gasteiger partial charge < -0.3 is 4.74 Å². The second kappa shape index (κ2) is 8.61. The number of benzene rings is 2. The van der Waals surface area contributed by atoms with Crippen molar-refractivity contribution in [3.8, 4) is 11.4 Å². The molecule has 0 bridgehead atoms. The second-order valence-corrected chi connectivity index (χ2v) is 8.53. The van der Waals surface area contributed by atoms with E-state index in [1.54, 1.807) is 0 Å². The van der Waals surface area contributed by atoms with Gasteiger partial charge in [0.05, 0.1) is 5.75 Å². The number of ketones is 1. The number of para-hydroxylation sites is 2. The molecule has 0 fully saturated rings. The molecule has 6 heteroatoms. The fraction of sp³-hybridized carbons (Fsp3) is 0.318. The summed E-state index contributed by atoms with van der Waals surface area (Å²) in [5, 5.41) is 9.35. The monoisotopic (exact) mass is 395 g/mol. The third-order valence-corrected chi connectivity index (χ3v) is 5.26. The Hall–Kier alpha value is -2.60. The van der Waals surface area contributed by atoms with Gasteiger partial charge in [0, 0.05) is 11.1 Å². The maximum Gasteiger partial charge on any atom is 0.196 e. The quantitative estimate of drug-likeness (QED) is 0.535. The van der Waals surface area contributed by atoms with E-state index in [4.69, 9.17) is 4.74 Å². The van der Waals surface area contributed by atoms with Crippen LogP contribution in [0.4, 0.5) is 0 Å². The third kappa shape index (κ3) is 4.81. The van der Waals surface area contributed by atoms with Crippen molar-refractivity contribution in [3.05, 3.63) is 66.0 Å². The van der Waals surface area contributed by atoms with E-state index in [1.807, 2.05) is 86.9 Å². The third-order valence-electron chi connectivity index (χ3n) is 4.33. The molecule has 3 aromatic rings. The molecule has 0 N–H and O–H groups in total. The molecule has 0 unspecified atom stereocenters. The molecule has 5 nitrogen and oxygen atoms in total. The Morgan fingerprint density at radius 1 is 1.04 bits per heavy atom. The van der Waals surface area contributed by atoms with Crippen molar-refractivity contribution >= 4 is 17.5 Å². The summed E-state index contributed by atoms with van der Waals surface area (Å²) in [7, 11) is 0. The maximum atomic E-state index is 12.3. The Labute approximate surface area is 170 Å². The summed E-state index contributed by atoms with van der Waals surface area (Å²) in [5.74, 6) is 2.05. The Morgan fingerprint density at radius 3 is 2.39 bits per heavy atom. The molecular weight excluding hydrogens is 370 g/mol. The minimum absolute atomic E-state index is 0.179. The van der Waals surface area contributed by atoms with Gasteiger partial charge in [-0.3, -0.25) is 9.36 Å². The summed E-state index contributed by atoms with van der Waals surface area (Å²) >= 11 is 1.41. The molecule has 0 radical (unpaired) electrons. The number of carbonyl (C=O) groups is 1. The predicted molar refractivity (Wildman–Crippen MR) is 112 cm³/mol. The van der Waals surface area contributed by atoms with Crippen molar-refractivity contribution in [3.63, 3.8) is 0 Å². The lowest BCUT2D eigenvalue weighted by atomic mass is 9.92. The standard InChI is InChI=1S/C22H25N3O2S/c1-16-10-8-9-13-18(16)27-14-20-23-24-21(28-15-19(26)22(2,3)4)25(20)17-11-6-5-7-12-17/h5-13H,14-15H2,1-4H3. The van der Waals surface area contributed by atoms with Crippen LogP contribution < -0.4 is 4.74 Å². The van der Waals surface area contributed by atoms with Gasteiger partial charge in [0.25, 0.3) is 0 Å². The largest absolute Gasteiger partial charge is 0.485 e. The summed E-state index contributed by atoms with van der Waals surface area (Å²) in [6.45, 7) is 8.09. The fourth-order valence-electron chi connectivity index (χ4n) is 2.53. The molecule has 0 aliphatic heterocycles. The van der Waals surface area contributed by atoms with E-state index in [0.29, 0.717) is 23.3 Å². The zero-order valence-electron chi connectivity index (χ0n) is 16.7. The minimum atomic E-state index is -0.374. The van der Waals surface area contributed by atoms with Crippen LogP contribution in [0, 0.1) is 12.3 Å². The number of carbonyl (C=O) groups excluding carboxylic acids is 1. The first-order chi connectivity index (χ1) is 13.4. The lowest BCUT2D eigenvalue weighted by Crippen LogP contribution is -2.22. The number of aryl methyl sites for hydroxylation is 1. The lowest BCUT2D eigenvalue weighted by molar-refractivity contribution is -0.123. The molecule has 1 aromatic heterocycles. The molecule has 0 spiro atoms. The van der Waals surface area contributed by atoms with Crippen LogP contribution in [0.5, 0.6) is 5.75 Å². The Bertz CT molecular complexity index is 946. The number of hydrogen-bond donors (Lipinski definition) is 0. The first-order valence-electron chi connectivity index (χ1n) is 9.20. The first-order valence-corrected chi connectivity index (χ1v) is 10.2. The fourth-order valence-corrected chi connectivity index (χ4v) is 3.66. The second-order valence-electron chi connectivity index (χ2n) is 7.59. The number of Topliss-reactive ketones (excluding diaryl/α,β-unsaturated/α-hetero) is 1. The van der Waals surface area contributed by atoms with Gasteiger partial charge in [-0.2, -0.15) is 0 Å². The smallest absolute Gasteiger partial charge is 0.196 e. The summed E-state index contributed by atoms with van der Waals surface area (Å²) < 4.78 is 7.94. The van der Waals surface area contributed by atoms with Crippen LogP contribution in [0.25, 0.3) is 5.69 Å². The zero-order valence-corrected chi connectivity index (χ0v) is 17.5. The zero-order chi connectivity index (χ0) is 20.1. The summed E-state index contributed by atoms with van der Waals surface area (Å²) in [6.07, 6.45) is 0. The molecule has 0 saturated heterocycles. The van der Waals surface area contributed by atoms with Crippen molar-refractivity contribution in [1.82, 2.24) is 14.8 Å². The van der Waals surface area contributed by atoms with Crippen LogP contribution in [0.1, 0.15) is 32.2 Å². The van der Waals surface area contributed by atoms with Gasteiger partial charge in [0.15, 0.2) is 11.0 Å². The molecule has 28 heavy (non-hydrogen) atoms. The van der Waals surface area contributed by atoms with E-state index in [1.165, 1.54) is 11.8 Å². The number of hydrogen-bond acceptors (Lipinski definition) is 5. The summed E-state index contributed by atoms with van der Waals surface area (Å²) in [5.41, 5.74) is 1.64. The Morgan fingerprint density at radius 2 is 1.71 bits per heavy atom. The average molecular weight is 396 g/mol. The van der Waals surface area contributed by atoms with Gasteiger partial charge in [0.1, 0.15) is 18.1 Å². The van der Waals surface area contributed by atoms with Crippen molar-refractivity contribution in [2.45, 2.75) is 39.5 Å². The Kier molecular flexibility index (Phi) is 6.19. The van der Waals surface area contributed by atoms with Crippen molar-refractivity contribution < 1.29 is 9.53 Å². The van der Waals surface area contributed by atoms with Crippen molar-refractivity contribution in [1.29, 1.82) is 0 Å². The van der Waals surface area contributed by atoms with Gasteiger partial charge in [-0.15, -0.1) is 10.2 Å². The molecule has 0 aliphatic carbocycles. The molecule has 2 aromatic carbocycles. The van der Waals surface area contributed by atoms with Crippen LogP contribution >= 0.6 is 11.8 Å². The summed E-state index contributed by atoms with van der Waals surface area (Å²) in [4.78, 5) is 12.3. The molecule has 0 aliphatic rings. The number of rotatable bonds is 7. The number of nitrogens with zero attached hydrogens (tertiary/aromatic N) is 3. The van der Waals surface area contributed by atoms with Crippen molar-refractivity contribution in [2.75, 3.05) is 5.75 Å². The lowest BCUT2D eigenvalue weighted by Gasteiger charge is -2.16. The summed E-state index contributed by atoms with van der Waals surface area (Å²) in [6, 6.07) is 17.8. The van der Waals surface area contributed by atoms with Gasteiger partial charge in [0.2, 0.25) is 0 Å². The van der Waals surface area contributed by atoms with Crippen LogP contribution in [0.3, 0.4) is 0 Å². The molecule has 146 valence electrons. The highest BCUT2D eigenvalue weighted by molar-refractivity contribution is 7.99. The van der Waals surface area contributed by atoms with E-state index in [9.17, 15) is 4.79 Å². The first kappa shape index (κ1) is 20.1. The van der Waals surface area contributed by atoms with Gasteiger partial charge in [-0.25, -0.2) is 0 Å². The maximum absolute atomic E-state index is 12.3. The van der Waals surface area contributed by atoms with E-state index in [-0.39, 0.29) is 11.2 Å². The van der Waals surface area contributed by atoms with Gasteiger partial charge in [-0.05, 0) is 30.7 Å². The van der Waals surface area contributed by atoms with Crippen LogP contribution in [0.15, 0.2) is 59.8 Å². The van der Waals surface area contributed by atoms with Gasteiger partial charge >= 0.3 is 0 Å². The van der Waals surface area contributed by atoms with E-state index in [2.05, 4.69) is 10.2 Å². The van der Waals surface area contributed by atoms with Crippen molar-refractivity contribution in [2.24, 2.45) is 5.41 Å². The van der Waals surface area contributed by atoms with E-state index in [0.717, 1.165) is 17.0 Å². The highest BCUT2D eigenvalue weighted by atomic mass is 32.2. The van der Waals surface area contributed by atoms with E-state index >= 15 is 0 Å². The molecule has 0 atom stereocenters. The molecule has 3 rings (SSSR count). The van der Waals surface area contributed by atoms with Crippen LogP contribution in [-0.2, 0) is 11.4 Å². The van der Waals surface area contributed by atoms with Crippen LogP contribution in [-0.4, -0.2) is 26.3 Å². The predicted octanol–water partition coefficient (Wildman–Crippen LogP) is 4.86. The number of thioether (sulfide) groups is 1. The average Bonchev–Trinajstić information content (AvgIpc) is 3.08. The highest BCUT2D eigenvalue weighted by Crippen LogP contribution is 2.26. The topological polar surface area (TPSA) is 57.0 Å². The SMILES string of the molecule is Cc1ccccc1OCc1nnc(SCC(=O)C(C)(C)C)n1-c1ccccc1. The van der Waals surface area contributed by atoms with E-state index < -0.39 is 0 Å². The molecule has 0 saturated carbocycles. The normalized spacial score (nSPS) is 11.4. The molecular formula is C22H25N3O2S. The number of aromatic nitrogens is 3. The van der Waals surface area contributed by atoms with Gasteiger partial charge in [-0.1, -0.05) is 68.9 Å². The highest BCUT2D eigenvalue weighted by Gasteiger charge is 2.23. The Balaban J connectivity index is 1.85. The minimum Gasteiger partial charge on any atom is -0.485 e. The molecule has 1 heterocycles. The van der Waals surface area contributed by atoms with Crippen LogP contribution in [0.2, 0.25) is 0 Å².